The average Bonchev–Trinajstić information content (AvgIpc) is 2.97. The van der Waals surface area contributed by atoms with Crippen LogP contribution < -0.4 is 8.92 Å². The number of aryl methyl sites for hydroxylation is 1. The lowest BCUT2D eigenvalue weighted by Crippen LogP contribution is -2.09. The molecule has 0 bridgehead atoms. The minimum atomic E-state index is -3.99. The van der Waals surface area contributed by atoms with Gasteiger partial charge in [0.15, 0.2) is 5.76 Å². The quantitative estimate of drug-likeness (QED) is 0.496. The van der Waals surface area contributed by atoms with Crippen LogP contribution in [0.4, 0.5) is 0 Å². The number of pyridine rings is 1. The molecule has 0 N–H and O–H groups in total. The summed E-state index contributed by atoms with van der Waals surface area (Å²) < 4.78 is 35.7. The number of benzene rings is 2. The number of aromatic nitrogens is 1. The van der Waals surface area contributed by atoms with Gasteiger partial charge in [-0.05, 0) is 48.9 Å². The zero-order valence-corrected chi connectivity index (χ0v) is 15.6. The number of carbonyl (C=O) groups is 1. The Balaban J connectivity index is 1.60. The molecule has 7 heteroatoms. The molecular weight excluding hydrogens is 378 g/mol. The van der Waals surface area contributed by atoms with Crippen molar-refractivity contribution in [3.63, 3.8) is 0 Å². The van der Waals surface area contributed by atoms with Crippen LogP contribution >= 0.6 is 0 Å². The van der Waals surface area contributed by atoms with Gasteiger partial charge in [-0.15, -0.1) is 0 Å². The van der Waals surface area contributed by atoms with Crippen molar-refractivity contribution in [2.75, 3.05) is 0 Å². The zero-order valence-electron chi connectivity index (χ0n) is 14.8. The van der Waals surface area contributed by atoms with E-state index in [9.17, 15) is 13.2 Å². The van der Waals surface area contributed by atoms with Gasteiger partial charge in [0.1, 0.15) is 16.4 Å². The van der Waals surface area contributed by atoms with Gasteiger partial charge in [0, 0.05) is 18.5 Å². The molecule has 0 saturated heterocycles. The second-order valence-electron chi connectivity index (χ2n) is 6.23. The zero-order chi connectivity index (χ0) is 19.7. The minimum absolute atomic E-state index is 0.0488. The number of ether oxygens (including phenoxy) is 1. The Labute approximate surface area is 162 Å². The summed E-state index contributed by atoms with van der Waals surface area (Å²) in [4.78, 5) is 16.5. The van der Waals surface area contributed by atoms with Crippen molar-refractivity contribution >= 4 is 22.0 Å². The molecule has 0 fully saturated rings. The molecule has 2 aromatic carbocycles. The van der Waals surface area contributed by atoms with Gasteiger partial charge in [-0.1, -0.05) is 23.8 Å². The van der Waals surface area contributed by atoms with Gasteiger partial charge in [-0.25, -0.2) is 0 Å². The maximum atomic E-state index is 12.5. The van der Waals surface area contributed by atoms with Crippen LogP contribution in [0.3, 0.4) is 0 Å². The normalized spacial score (nSPS) is 14.6. The van der Waals surface area contributed by atoms with Crippen LogP contribution in [0.5, 0.6) is 11.5 Å². The molecule has 0 saturated carbocycles. The number of ketones is 1. The standard InChI is InChI=1S/C21H15NO5S/c1-14-4-7-17(8-5-14)28(24,25)27-16-6-9-18-19(12-16)26-20(21(18)23)11-15-3-2-10-22-13-15/h2-13H,1H3/b20-11-. The highest BCUT2D eigenvalue weighted by molar-refractivity contribution is 7.87. The highest BCUT2D eigenvalue weighted by Gasteiger charge is 2.28. The van der Waals surface area contributed by atoms with Gasteiger partial charge < -0.3 is 8.92 Å². The number of fused-ring (bicyclic) bond motifs is 1. The second-order valence-corrected chi connectivity index (χ2v) is 7.78. The molecule has 0 amide bonds. The van der Waals surface area contributed by atoms with Gasteiger partial charge in [0.2, 0.25) is 5.78 Å². The fourth-order valence-corrected chi connectivity index (χ4v) is 3.63. The third-order valence-corrected chi connectivity index (χ3v) is 5.40. The van der Waals surface area contributed by atoms with E-state index in [-0.39, 0.29) is 27.9 Å². The van der Waals surface area contributed by atoms with Crippen molar-refractivity contribution < 1.29 is 22.1 Å². The minimum Gasteiger partial charge on any atom is -0.452 e. The molecular formula is C21H15NO5S. The molecule has 28 heavy (non-hydrogen) atoms. The molecule has 1 aliphatic heterocycles. The van der Waals surface area contributed by atoms with E-state index in [0.29, 0.717) is 5.56 Å². The molecule has 0 atom stereocenters. The van der Waals surface area contributed by atoms with E-state index in [0.717, 1.165) is 11.1 Å². The van der Waals surface area contributed by atoms with Crippen molar-refractivity contribution in [2.45, 2.75) is 11.8 Å². The lowest BCUT2D eigenvalue weighted by atomic mass is 10.1. The molecule has 140 valence electrons. The Kier molecular flexibility index (Phi) is 4.44. The third-order valence-electron chi connectivity index (χ3n) is 4.14. The van der Waals surface area contributed by atoms with Crippen molar-refractivity contribution in [3.8, 4) is 11.5 Å². The average molecular weight is 393 g/mol. The molecule has 0 radical (unpaired) electrons. The van der Waals surface area contributed by atoms with Crippen LogP contribution in [0.1, 0.15) is 21.5 Å². The monoisotopic (exact) mass is 393 g/mol. The Morgan fingerprint density at radius 1 is 1.07 bits per heavy atom. The summed E-state index contributed by atoms with van der Waals surface area (Å²) in [5.41, 5.74) is 2.00. The number of hydrogen-bond donors (Lipinski definition) is 0. The van der Waals surface area contributed by atoms with E-state index >= 15 is 0 Å². The van der Waals surface area contributed by atoms with Crippen LogP contribution in [0.2, 0.25) is 0 Å². The molecule has 1 aromatic heterocycles. The molecule has 3 aromatic rings. The smallest absolute Gasteiger partial charge is 0.339 e. The lowest BCUT2D eigenvalue weighted by Gasteiger charge is -2.08. The molecule has 0 unspecified atom stereocenters. The van der Waals surface area contributed by atoms with Gasteiger partial charge >= 0.3 is 10.1 Å². The van der Waals surface area contributed by atoms with Gasteiger partial charge in [-0.2, -0.15) is 8.42 Å². The van der Waals surface area contributed by atoms with E-state index in [4.69, 9.17) is 8.92 Å². The van der Waals surface area contributed by atoms with Crippen molar-refractivity contribution in [1.82, 2.24) is 4.98 Å². The predicted molar refractivity (Wildman–Crippen MR) is 103 cm³/mol. The topological polar surface area (TPSA) is 82.6 Å². The molecule has 0 aliphatic carbocycles. The van der Waals surface area contributed by atoms with Gasteiger partial charge in [0.25, 0.3) is 0 Å². The largest absolute Gasteiger partial charge is 0.452 e. The Morgan fingerprint density at radius 3 is 2.57 bits per heavy atom. The summed E-state index contributed by atoms with van der Waals surface area (Å²) in [6.07, 6.45) is 4.82. The number of nitrogens with zero attached hydrogens (tertiary/aromatic N) is 1. The molecule has 6 nitrogen and oxygen atoms in total. The number of rotatable bonds is 4. The fourth-order valence-electron chi connectivity index (χ4n) is 2.71. The van der Waals surface area contributed by atoms with Crippen LogP contribution in [0, 0.1) is 6.92 Å². The SMILES string of the molecule is Cc1ccc(S(=O)(=O)Oc2ccc3c(c2)O/C(=C\c2cccnc2)C3=O)cc1. The van der Waals surface area contributed by atoms with Crippen molar-refractivity contribution in [1.29, 1.82) is 0 Å². The van der Waals surface area contributed by atoms with E-state index < -0.39 is 10.1 Å². The maximum Gasteiger partial charge on any atom is 0.339 e. The number of Topliss-reactive ketones (excluding diaryl/α,β-unsaturated/α-hetero) is 1. The lowest BCUT2D eigenvalue weighted by molar-refractivity contribution is 0.101. The Hall–Kier alpha value is -3.45. The van der Waals surface area contributed by atoms with Crippen LogP contribution in [-0.2, 0) is 10.1 Å². The molecule has 0 spiro atoms. The van der Waals surface area contributed by atoms with Gasteiger partial charge in [-0.3, -0.25) is 9.78 Å². The summed E-state index contributed by atoms with van der Waals surface area (Å²) >= 11 is 0. The Morgan fingerprint density at radius 2 is 1.86 bits per heavy atom. The molecule has 2 heterocycles. The third kappa shape index (κ3) is 3.52. The number of carbonyl (C=O) groups excluding carboxylic acids is 1. The van der Waals surface area contributed by atoms with Crippen LogP contribution in [-0.4, -0.2) is 19.2 Å². The first-order chi connectivity index (χ1) is 13.4. The summed E-state index contributed by atoms with van der Waals surface area (Å²) in [5, 5.41) is 0. The first-order valence-corrected chi connectivity index (χ1v) is 9.83. The highest BCUT2D eigenvalue weighted by Crippen LogP contribution is 2.35. The summed E-state index contributed by atoms with van der Waals surface area (Å²) in [6.45, 7) is 1.86. The fraction of sp³-hybridized carbons (Fsp3) is 0.0476. The van der Waals surface area contributed by atoms with E-state index in [1.54, 1.807) is 42.7 Å². The number of hydrogen-bond acceptors (Lipinski definition) is 6. The molecule has 4 rings (SSSR count). The van der Waals surface area contributed by atoms with Crippen LogP contribution in [0.25, 0.3) is 6.08 Å². The highest BCUT2D eigenvalue weighted by atomic mass is 32.2. The first-order valence-electron chi connectivity index (χ1n) is 8.42. The van der Waals surface area contributed by atoms with E-state index in [1.165, 1.54) is 30.3 Å². The number of allylic oxidation sites excluding steroid dienone is 1. The maximum absolute atomic E-state index is 12.5. The van der Waals surface area contributed by atoms with Crippen molar-refractivity contribution in [2.24, 2.45) is 0 Å². The second kappa shape index (κ2) is 6.94. The predicted octanol–water partition coefficient (Wildman–Crippen LogP) is 3.77. The van der Waals surface area contributed by atoms with E-state index in [1.807, 2.05) is 6.92 Å². The summed E-state index contributed by atoms with van der Waals surface area (Å²) in [5.74, 6) is 0.167. The van der Waals surface area contributed by atoms with E-state index in [2.05, 4.69) is 4.98 Å². The molecule has 1 aliphatic rings. The summed E-state index contributed by atoms with van der Waals surface area (Å²) in [6, 6.07) is 14.2. The summed E-state index contributed by atoms with van der Waals surface area (Å²) in [7, 11) is -3.99. The first kappa shape index (κ1) is 17.9. The van der Waals surface area contributed by atoms with Crippen molar-refractivity contribution in [3.05, 3.63) is 89.4 Å². The van der Waals surface area contributed by atoms with Gasteiger partial charge in [0.05, 0.1) is 5.56 Å². The Bertz CT molecular complexity index is 1180. The van der Waals surface area contributed by atoms with Crippen LogP contribution in [0.15, 0.2) is 77.6 Å².